The first kappa shape index (κ1) is 18.4. The number of nitrogens with one attached hydrogen (secondary N) is 1. The average molecular weight is 329 g/mol. The van der Waals surface area contributed by atoms with Gasteiger partial charge in [0, 0.05) is 12.1 Å². The largest absolute Gasteiger partial charge is 0.496 e. The van der Waals surface area contributed by atoms with Gasteiger partial charge in [0.2, 0.25) is 10.0 Å². The van der Waals surface area contributed by atoms with Crippen LogP contribution < -0.4 is 20.9 Å². The lowest BCUT2D eigenvalue weighted by atomic mass is 9.95. The van der Waals surface area contributed by atoms with E-state index in [4.69, 9.17) is 16.2 Å². The lowest BCUT2D eigenvalue weighted by Crippen LogP contribution is -2.49. The quantitative estimate of drug-likeness (QED) is 0.644. The minimum absolute atomic E-state index is 0.00960. The van der Waals surface area contributed by atoms with Crippen molar-refractivity contribution in [1.29, 1.82) is 0 Å². The summed E-state index contributed by atoms with van der Waals surface area (Å²) in [5, 5.41) is 0. The molecule has 0 bridgehead atoms. The number of rotatable bonds is 8. The van der Waals surface area contributed by atoms with Crippen molar-refractivity contribution >= 4 is 15.9 Å². The van der Waals surface area contributed by atoms with E-state index in [0.29, 0.717) is 12.8 Å². The number of benzene rings is 1. The van der Waals surface area contributed by atoms with Gasteiger partial charge >= 0.3 is 0 Å². The maximum Gasteiger partial charge on any atom is 0.252 e. The van der Waals surface area contributed by atoms with Crippen LogP contribution in [0.1, 0.15) is 37.0 Å². The van der Waals surface area contributed by atoms with Crippen molar-refractivity contribution in [3.05, 3.63) is 23.8 Å². The number of hydrogen-bond donors (Lipinski definition) is 3. The molecule has 1 aromatic rings. The van der Waals surface area contributed by atoms with Gasteiger partial charge < -0.3 is 16.2 Å². The van der Waals surface area contributed by atoms with E-state index in [-0.39, 0.29) is 22.8 Å². The highest BCUT2D eigenvalue weighted by Gasteiger charge is 2.25. The second kappa shape index (κ2) is 7.08. The summed E-state index contributed by atoms with van der Waals surface area (Å²) in [6.07, 6.45) is 1.28. The van der Waals surface area contributed by atoms with E-state index in [1.54, 1.807) is 0 Å². The molecule has 7 nitrogen and oxygen atoms in total. The first-order chi connectivity index (χ1) is 10.2. The normalized spacial score (nSPS) is 12.2. The fourth-order valence-corrected chi connectivity index (χ4v) is 3.03. The van der Waals surface area contributed by atoms with Gasteiger partial charge in [-0.3, -0.25) is 4.79 Å². The molecule has 1 aromatic carbocycles. The molecule has 0 atom stereocenters. The van der Waals surface area contributed by atoms with Crippen molar-refractivity contribution in [1.82, 2.24) is 4.72 Å². The highest BCUT2D eigenvalue weighted by atomic mass is 32.2. The molecule has 0 aromatic heterocycles. The molecule has 1 rings (SSSR count). The lowest BCUT2D eigenvalue weighted by molar-refractivity contribution is 0.0997. The van der Waals surface area contributed by atoms with Gasteiger partial charge in [-0.1, -0.05) is 13.8 Å². The Balaban J connectivity index is 3.08. The van der Waals surface area contributed by atoms with E-state index < -0.39 is 21.5 Å². The average Bonchev–Trinajstić information content (AvgIpc) is 2.51. The fraction of sp³-hybridized carbons (Fsp3) is 0.500. The van der Waals surface area contributed by atoms with Gasteiger partial charge in [-0.25, -0.2) is 13.1 Å². The second-order valence-corrected chi connectivity index (χ2v) is 6.89. The highest BCUT2D eigenvalue weighted by Crippen LogP contribution is 2.22. The van der Waals surface area contributed by atoms with Crippen molar-refractivity contribution in [2.75, 3.05) is 13.7 Å². The molecular formula is C14H23N3O4S. The zero-order valence-corrected chi connectivity index (χ0v) is 13.9. The Labute approximate surface area is 131 Å². The number of hydrogen-bond acceptors (Lipinski definition) is 5. The summed E-state index contributed by atoms with van der Waals surface area (Å²) in [7, 11) is -2.41. The first-order valence-electron chi connectivity index (χ1n) is 6.95. The van der Waals surface area contributed by atoms with Gasteiger partial charge in [0.05, 0.1) is 17.6 Å². The number of amides is 1. The molecular weight excluding hydrogens is 306 g/mol. The standard InChI is InChI=1S/C14H23N3O4S/c1-4-14(16,5-2)9-17-22(19,20)10-6-7-12(21-3)11(8-10)13(15)18/h6-8,17H,4-5,9,16H2,1-3H3,(H2,15,18). The highest BCUT2D eigenvalue weighted by molar-refractivity contribution is 7.89. The maximum absolute atomic E-state index is 12.3. The van der Waals surface area contributed by atoms with Gasteiger partial charge in [-0.15, -0.1) is 0 Å². The zero-order chi connectivity index (χ0) is 17.0. The van der Waals surface area contributed by atoms with E-state index in [0.717, 1.165) is 0 Å². The van der Waals surface area contributed by atoms with Crippen LogP contribution in [-0.2, 0) is 10.0 Å². The van der Waals surface area contributed by atoms with Crippen LogP contribution in [0.2, 0.25) is 0 Å². The summed E-state index contributed by atoms with van der Waals surface area (Å²) >= 11 is 0. The summed E-state index contributed by atoms with van der Waals surface area (Å²) in [6.45, 7) is 3.91. The number of methoxy groups -OCH3 is 1. The molecule has 0 fully saturated rings. The van der Waals surface area contributed by atoms with Gasteiger partial charge in [0.15, 0.2) is 0 Å². The van der Waals surface area contributed by atoms with Gasteiger partial charge in [0.25, 0.3) is 5.91 Å². The summed E-state index contributed by atoms with van der Waals surface area (Å²) in [6, 6.07) is 3.94. The van der Waals surface area contributed by atoms with Crippen LogP contribution in [0.5, 0.6) is 5.75 Å². The fourth-order valence-electron chi connectivity index (χ4n) is 1.87. The van der Waals surface area contributed by atoms with Crippen molar-refractivity contribution in [3.8, 4) is 5.75 Å². The van der Waals surface area contributed by atoms with Crippen molar-refractivity contribution < 1.29 is 17.9 Å². The second-order valence-electron chi connectivity index (χ2n) is 5.12. The van der Waals surface area contributed by atoms with Crippen molar-refractivity contribution in [2.45, 2.75) is 37.1 Å². The number of ether oxygens (including phenoxy) is 1. The van der Waals surface area contributed by atoms with E-state index >= 15 is 0 Å². The molecule has 0 radical (unpaired) electrons. The van der Waals surface area contributed by atoms with E-state index in [2.05, 4.69) is 4.72 Å². The van der Waals surface area contributed by atoms with Crippen LogP contribution in [0, 0.1) is 0 Å². The Hall–Kier alpha value is -1.64. The predicted molar refractivity (Wildman–Crippen MR) is 84.2 cm³/mol. The Morgan fingerprint density at radius 3 is 2.36 bits per heavy atom. The van der Waals surface area contributed by atoms with Crippen LogP contribution >= 0.6 is 0 Å². The predicted octanol–water partition coefficient (Wildman–Crippen LogP) is 0.590. The van der Waals surface area contributed by atoms with Crippen LogP contribution in [0.15, 0.2) is 23.1 Å². The van der Waals surface area contributed by atoms with Gasteiger partial charge in [0.1, 0.15) is 5.75 Å². The van der Waals surface area contributed by atoms with E-state index in [9.17, 15) is 13.2 Å². The van der Waals surface area contributed by atoms with Gasteiger partial charge in [-0.05, 0) is 31.0 Å². The Bertz CT molecular complexity index is 639. The van der Waals surface area contributed by atoms with Gasteiger partial charge in [-0.2, -0.15) is 0 Å². The van der Waals surface area contributed by atoms with Crippen molar-refractivity contribution in [3.63, 3.8) is 0 Å². The molecule has 0 saturated heterocycles. The molecule has 5 N–H and O–H groups in total. The molecule has 22 heavy (non-hydrogen) atoms. The summed E-state index contributed by atoms with van der Waals surface area (Å²) < 4.78 is 32.1. The van der Waals surface area contributed by atoms with E-state index in [1.807, 2.05) is 13.8 Å². The Morgan fingerprint density at radius 1 is 1.32 bits per heavy atom. The number of primary amides is 1. The molecule has 8 heteroatoms. The number of carbonyl (C=O) groups excluding carboxylic acids is 1. The molecule has 124 valence electrons. The minimum Gasteiger partial charge on any atom is -0.496 e. The van der Waals surface area contributed by atoms with Crippen LogP contribution in [-0.4, -0.2) is 33.5 Å². The molecule has 0 aliphatic carbocycles. The number of sulfonamides is 1. The smallest absolute Gasteiger partial charge is 0.252 e. The molecule has 1 amide bonds. The number of carbonyl (C=O) groups is 1. The molecule has 0 heterocycles. The molecule has 0 saturated carbocycles. The summed E-state index contributed by atoms with van der Waals surface area (Å²) in [5.41, 5.74) is 10.7. The third-order valence-electron chi connectivity index (χ3n) is 3.77. The van der Waals surface area contributed by atoms with Crippen LogP contribution in [0.4, 0.5) is 0 Å². The first-order valence-corrected chi connectivity index (χ1v) is 8.44. The summed E-state index contributed by atoms with van der Waals surface area (Å²) in [5.74, 6) is -0.536. The van der Waals surface area contributed by atoms with E-state index in [1.165, 1.54) is 25.3 Å². The third-order valence-corrected chi connectivity index (χ3v) is 5.17. The zero-order valence-electron chi connectivity index (χ0n) is 13.0. The van der Waals surface area contributed by atoms with Crippen LogP contribution in [0.25, 0.3) is 0 Å². The monoisotopic (exact) mass is 329 g/mol. The van der Waals surface area contributed by atoms with Crippen molar-refractivity contribution in [2.24, 2.45) is 11.5 Å². The third kappa shape index (κ3) is 4.19. The number of nitrogens with two attached hydrogens (primary N) is 2. The summed E-state index contributed by atoms with van der Waals surface area (Å²) in [4.78, 5) is 11.3. The topological polar surface area (TPSA) is 125 Å². The SMILES string of the molecule is CCC(N)(CC)CNS(=O)(=O)c1ccc(OC)c(C(N)=O)c1. The molecule has 0 aliphatic rings. The maximum atomic E-state index is 12.3. The molecule has 0 aliphatic heterocycles. The Morgan fingerprint density at radius 2 is 1.91 bits per heavy atom. The molecule has 0 unspecified atom stereocenters. The molecule has 0 spiro atoms. The lowest BCUT2D eigenvalue weighted by Gasteiger charge is -2.26. The Kier molecular flexibility index (Phi) is 5.92. The minimum atomic E-state index is -3.79. The van der Waals surface area contributed by atoms with Crippen LogP contribution in [0.3, 0.4) is 0 Å².